The van der Waals surface area contributed by atoms with Crippen LogP contribution in [0.1, 0.15) is 10.4 Å². The molecule has 17 heavy (non-hydrogen) atoms. The summed E-state index contributed by atoms with van der Waals surface area (Å²) in [6.45, 7) is 0. The van der Waals surface area contributed by atoms with E-state index in [1.165, 1.54) is 12.1 Å². The average Bonchev–Trinajstić information content (AvgIpc) is 2.36. The Hall–Kier alpha value is -1.53. The van der Waals surface area contributed by atoms with Crippen molar-refractivity contribution in [2.75, 3.05) is 18.1 Å². The predicted molar refractivity (Wildman–Crippen MR) is 68.7 cm³/mol. The Kier molecular flexibility index (Phi) is 4.14. The van der Waals surface area contributed by atoms with Gasteiger partial charge in [0.1, 0.15) is 0 Å². The summed E-state index contributed by atoms with van der Waals surface area (Å²) in [5.41, 5.74) is 4.64. The molecule has 1 aromatic carbocycles. The normalized spacial score (nSPS) is 13.8. The lowest BCUT2D eigenvalue weighted by Gasteiger charge is -2.20. The van der Waals surface area contributed by atoms with Gasteiger partial charge < -0.3 is 16.2 Å². The molecule has 0 aliphatic rings. The van der Waals surface area contributed by atoms with Crippen LogP contribution in [0.25, 0.3) is 0 Å². The maximum atomic E-state index is 12.0. The summed E-state index contributed by atoms with van der Waals surface area (Å²) < 4.78 is 0. The number of hydrogen-bond donors (Lipinski definition) is 4. The maximum Gasteiger partial charge on any atom is 0.332 e. The minimum absolute atomic E-state index is 0.253. The monoisotopic (exact) mass is 254 g/mol. The van der Waals surface area contributed by atoms with E-state index < -0.39 is 17.3 Å². The molecule has 4 N–H and O–H groups in total. The molecule has 1 atom stereocenters. The van der Waals surface area contributed by atoms with Crippen LogP contribution >= 0.6 is 12.6 Å². The number of carboxylic acids is 1. The van der Waals surface area contributed by atoms with Gasteiger partial charge in [0.2, 0.25) is 0 Å². The lowest BCUT2D eigenvalue weighted by Crippen LogP contribution is -2.56. The summed E-state index contributed by atoms with van der Waals surface area (Å²) in [4.78, 5) is 22.9. The second kappa shape index (κ2) is 5.20. The van der Waals surface area contributed by atoms with Gasteiger partial charge in [0.25, 0.3) is 0 Å². The second-order valence-electron chi connectivity index (χ2n) is 3.59. The molecule has 0 heterocycles. The summed E-state index contributed by atoms with van der Waals surface area (Å²) in [5.74, 6) is -2.28. The minimum Gasteiger partial charge on any atom is -0.480 e. The molecule has 0 spiro atoms. The van der Waals surface area contributed by atoms with Crippen LogP contribution in [0.3, 0.4) is 0 Å². The van der Waals surface area contributed by atoms with Gasteiger partial charge in [0.15, 0.2) is 11.3 Å². The van der Waals surface area contributed by atoms with E-state index in [9.17, 15) is 9.59 Å². The van der Waals surface area contributed by atoms with Crippen molar-refractivity contribution < 1.29 is 14.7 Å². The fraction of sp³-hybridized carbons (Fsp3) is 0.273. The van der Waals surface area contributed by atoms with E-state index in [1.54, 1.807) is 19.2 Å². The lowest BCUT2D eigenvalue weighted by molar-refractivity contribution is -0.140. The molecular weight excluding hydrogens is 240 g/mol. The molecular formula is C11H14N2O3S. The van der Waals surface area contributed by atoms with Gasteiger partial charge in [-0.05, 0) is 24.3 Å². The van der Waals surface area contributed by atoms with Crippen molar-refractivity contribution in [3.8, 4) is 0 Å². The number of hydrogen-bond acceptors (Lipinski definition) is 5. The SMILES string of the molecule is CNc1ccc(C(=O)C(N)(CS)C(=O)O)cc1. The summed E-state index contributed by atoms with van der Waals surface area (Å²) in [5, 5.41) is 11.9. The van der Waals surface area contributed by atoms with Gasteiger partial charge >= 0.3 is 5.97 Å². The standard InChI is InChI=1S/C11H14N2O3S/c1-13-8-4-2-7(3-5-8)9(14)11(12,6-17)10(15)16/h2-5,13,17H,6,12H2,1H3,(H,15,16). The van der Waals surface area contributed by atoms with Gasteiger partial charge in [-0.1, -0.05) is 0 Å². The summed E-state index contributed by atoms with van der Waals surface area (Å²) in [6.07, 6.45) is 0. The number of nitrogens with one attached hydrogen (secondary N) is 1. The van der Waals surface area contributed by atoms with Crippen LogP contribution in [-0.4, -0.2) is 35.2 Å². The van der Waals surface area contributed by atoms with Crippen LogP contribution in [0.2, 0.25) is 0 Å². The number of anilines is 1. The molecule has 0 fully saturated rings. The number of nitrogens with two attached hydrogens (primary N) is 1. The van der Waals surface area contributed by atoms with Gasteiger partial charge in [0, 0.05) is 24.1 Å². The number of rotatable bonds is 5. The number of Topliss-reactive ketones (excluding diaryl/α,β-unsaturated/α-hetero) is 1. The zero-order valence-corrected chi connectivity index (χ0v) is 10.2. The number of thiol groups is 1. The molecule has 0 bridgehead atoms. The second-order valence-corrected chi connectivity index (χ2v) is 3.91. The fourth-order valence-corrected chi connectivity index (χ4v) is 1.56. The van der Waals surface area contributed by atoms with Crippen LogP contribution in [0.5, 0.6) is 0 Å². The molecule has 0 saturated heterocycles. The van der Waals surface area contributed by atoms with Gasteiger partial charge in [-0.3, -0.25) is 4.79 Å². The van der Waals surface area contributed by atoms with E-state index in [1.807, 2.05) is 0 Å². The number of carbonyl (C=O) groups is 2. The summed E-state index contributed by atoms with van der Waals surface area (Å²) >= 11 is 3.83. The first-order chi connectivity index (χ1) is 7.95. The average molecular weight is 254 g/mol. The van der Waals surface area contributed by atoms with Crippen molar-refractivity contribution in [1.29, 1.82) is 0 Å². The zero-order valence-electron chi connectivity index (χ0n) is 9.30. The molecule has 1 aromatic rings. The van der Waals surface area contributed by atoms with Gasteiger partial charge in [-0.25, -0.2) is 4.79 Å². The highest BCUT2D eigenvalue weighted by atomic mass is 32.1. The van der Waals surface area contributed by atoms with E-state index in [0.717, 1.165) is 5.69 Å². The van der Waals surface area contributed by atoms with Crippen molar-refractivity contribution in [2.45, 2.75) is 5.54 Å². The molecule has 6 heteroatoms. The van der Waals surface area contributed by atoms with Gasteiger partial charge in [-0.15, -0.1) is 0 Å². The van der Waals surface area contributed by atoms with Crippen LogP contribution in [0.15, 0.2) is 24.3 Å². The third kappa shape index (κ3) is 2.59. The smallest absolute Gasteiger partial charge is 0.332 e. The molecule has 5 nitrogen and oxygen atoms in total. The first-order valence-corrected chi connectivity index (χ1v) is 5.54. The van der Waals surface area contributed by atoms with E-state index >= 15 is 0 Å². The molecule has 92 valence electrons. The number of carbonyl (C=O) groups excluding carboxylic acids is 1. The Labute approximate surface area is 104 Å². The number of carboxylic acid groups (broad SMARTS) is 1. The zero-order chi connectivity index (χ0) is 13.1. The van der Waals surface area contributed by atoms with Crippen molar-refractivity contribution >= 4 is 30.1 Å². The van der Waals surface area contributed by atoms with Crippen LogP contribution in [0.4, 0.5) is 5.69 Å². The van der Waals surface area contributed by atoms with E-state index in [0.29, 0.717) is 0 Å². The number of aliphatic carboxylic acids is 1. The Morgan fingerprint density at radius 3 is 2.29 bits per heavy atom. The first kappa shape index (κ1) is 13.5. The predicted octanol–water partition coefficient (Wildman–Crippen LogP) is 0.623. The highest BCUT2D eigenvalue weighted by Crippen LogP contribution is 2.16. The third-order valence-corrected chi connectivity index (χ3v) is 2.97. The Bertz CT molecular complexity index is 433. The number of benzene rings is 1. The molecule has 1 rings (SSSR count). The minimum atomic E-state index is -1.98. The van der Waals surface area contributed by atoms with Crippen molar-refractivity contribution in [2.24, 2.45) is 5.73 Å². The summed E-state index contributed by atoms with van der Waals surface area (Å²) in [6, 6.07) is 6.41. The largest absolute Gasteiger partial charge is 0.480 e. The molecule has 0 saturated carbocycles. The molecule has 0 amide bonds. The lowest BCUT2D eigenvalue weighted by atomic mass is 9.92. The maximum absolute atomic E-state index is 12.0. The Morgan fingerprint density at radius 1 is 1.41 bits per heavy atom. The van der Waals surface area contributed by atoms with Gasteiger partial charge in [-0.2, -0.15) is 12.6 Å². The van der Waals surface area contributed by atoms with Crippen molar-refractivity contribution in [1.82, 2.24) is 0 Å². The molecule has 0 radical (unpaired) electrons. The quantitative estimate of drug-likeness (QED) is 0.351. The first-order valence-electron chi connectivity index (χ1n) is 4.91. The number of ketones is 1. The Morgan fingerprint density at radius 2 is 1.94 bits per heavy atom. The molecule has 0 aliphatic heterocycles. The van der Waals surface area contributed by atoms with Crippen LogP contribution in [-0.2, 0) is 4.79 Å². The third-order valence-electron chi connectivity index (χ3n) is 2.47. The fourth-order valence-electron chi connectivity index (χ4n) is 1.28. The summed E-state index contributed by atoms with van der Waals surface area (Å²) in [7, 11) is 1.75. The molecule has 0 aliphatic carbocycles. The van der Waals surface area contributed by atoms with Gasteiger partial charge in [0.05, 0.1) is 0 Å². The van der Waals surface area contributed by atoms with Crippen LogP contribution in [0, 0.1) is 0 Å². The Balaban J connectivity index is 3.06. The van der Waals surface area contributed by atoms with E-state index in [4.69, 9.17) is 10.8 Å². The van der Waals surface area contributed by atoms with Crippen LogP contribution < -0.4 is 11.1 Å². The van der Waals surface area contributed by atoms with Crippen molar-refractivity contribution in [3.63, 3.8) is 0 Å². The highest BCUT2D eigenvalue weighted by Gasteiger charge is 2.41. The molecule has 0 aromatic heterocycles. The topological polar surface area (TPSA) is 92.4 Å². The van der Waals surface area contributed by atoms with E-state index in [-0.39, 0.29) is 11.3 Å². The molecule has 1 unspecified atom stereocenters. The van der Waals surface area contributed by atoms with Crippen molar-refractivity contribution in [3.05, 3.63) is 29.8 Å². The highest BCUT2D eigenvalue weighted by molar-refractivity contribution is 7.80. The van der Waals surface area contributed by atoms with E-state index in [2.05, 4.69) is 17.9 Å².